The Kier molecular flexibility index (Phi) is 40.7. The van der Waals surface area contributed by atoms with Crippen LogP contribution in [0.2, 0.25) is 0 Å². The molecule has 0 bridgehead atoms. The number of para-hydroxylation sites is 1. The van der Waals surface area contributed by atoms with E-state index in [4.69, 9.17) is 40.1 Å². The number of aromatic amines is 1. The van der Waals surface area contributed by atoms with Gasteiger partial charge in [-0.1, -0.05) is 71.9 Å². The molecule has 0 aliphatic rings. The molecule has 3 aromatic rings. The second-order valence-corrected chi connectivity index (χ2v) is 28.5. The number of aliphatic imine (C=N–C) groups is 2. The number of nitrogens with one attached hydrogen (secondary N) is 12. The van der Waals surface area contributed by atoms with Gasteiger partial charge in [-0.2, -0.15) is 12.6 Å². The van der Waals surface area contributed by atoms with Crippen LogP contribution >= 0.6 is 12.6 Å². The van der Waals surface area contributed by atoms with E-state index in [0.29, 0.717) is 28.5 Å². The summed E-state index contributed by atoms with van der Waals surface area (Å²) in [6.07, 6.45) is -2.39. The highest BCUT2D eigenvalue weighted by Gasteiger charge is 2.39. The zero-order valence-corrected chi connectivity index (χ0v) is 64.4. The van der Waals surface area contributed by atoms with Crippen LogP contribution in [0.5, 0.6) is 5.75 Å². The third-order valence-corrected chi connectivity index (χ3v) is 17.7. The minimum atomic E-state index is -1.76. The minimum absolute atomic E-state index is 0.00323. The van der Waals surface area contributed by atoms with Gasteiger partial charge in [0.1, 0.15) is 78.3 Å². The third-order valence-electron chi connectivity index (χ3n) is 17.3. The van der Waals surface area contributed by atoms with E-state index in [1.54, 1.807) is 72.0 Å². The number of carboxylic acid groups (broad SMARTS) is 2. The first-order chi connectivity index (χ1) is 52.2. The number of H-pyrrole nitrogens is 1. The number of aliphatic hydroxyl groups is 1. The highest BCUT2D eigenvalue weighted by molar-refractivity contribution is 7.80. The smallest absolute Gasteiger partial charge is 0.326 e. The Morgan fingerprint density at radius 3 is 1.32 bits per heavy atom. The number of aliphatic carboxylic acids is 2. The lowest BCUT2D eigenvalue weighted by molar-refractivity contribution is -0.144. The van der Waals surface area contributed by atoms with Gasteiger partial charge in [-0.15, -0.1) is 0 Å². The molecule has 12 amide bonds. The fourth-order valence-corrected chi connectivity index (χ4v) is 11.6. The fraction of sp³-hybridized carbons (Fsp3) is 0.577. The number of unbranched alkanes of at least 4 members (excludes halogenated alkanes) is 1. The number of nitrogens with two attached hydrogens (primary N) is 7. The van der Waals surface area contributed by atoms with E-state index in [1.807, 2.05) is 0 Å². The number of hydrogen-bond acceptors (Lipinski definition) is 21. The first-order valence-corrected chi connectivity index (χ1v) is 37.1. The van der Waals surface area contributed by atoms with Crippen molar-refractivity contribution in [2.45, 2.75) is 217 Å². The number of thiol groups is 1. The van der Waals surface area contributed by atoms with E-state index in [1.165, 1.54) is 31.2 Å². The van der Waals surface area contributed by atoms with Crippen molar-refractivity contribution in [3.8, 4) is 5.75 Å². The zero-order chi connectivity index (χ0) is 83.4. The predicted molar refractivity (Wildman–Crippen MR) is 413 cm³/mol. The number of aromatic nitrogens is 1. The van der Waals surface area contributed by atoms with Gasteiger partial charge in [0.05, 0.1) is 12.5 Å². The molecule has 3 rings (SSSR count). The summed E-state index contributed by atoms with van der Waals surface area (Å²) in [6.45, 7) is 11.3. The maximum atomic E-state index is 15.1. The lowest BCUT2D eigenvalue weighted by atomic mass is 9.99. The van der Waals surface area contributed by atoms with Gasteiger partial charge < -0.3 is 124 Å². The quantitative estimate of drug-likeness (QED) is 0.0110. The van der Waals surface area contributed by atoms with E-state index in [2.05, 4.69) is 86.1 Å². The van der Waals surface area contributed by atoms with Crippen LogP contribution in [0.25, 0.3) is 10.9 Å². The van der Waals surface area contributed by atoms with Crippen LogP contribution in [0.1, 0.15) is 137 Å². The number of guanidine groups is 2. The zero-order valence-electron chi connectivity index (χ0n) is 63.5. The number of carboxylic acids is 2. The Bertz CT molecular complexity index is 3700. The number of carbonyl (C=O) groups is 14. The minimum Gasteiger partial charge on any atom is -0.508 e. The molecule has 13 atom stereocenters. The molecule has 0 aliphatic heterocycles. The number of nitrogens with zero attached hydrogens (tertiary/aromatic N) is 2. The first kappa shape index (κ1) is 94.3. The standard InChI is InChI=1S/C71H113N21O18S/c1-35(2)28-48(62(102)83-44(16-10-11-25-72)60(100)90-52(69(109)110)32-54(73)95)86-64(104)50(30-39-19-21-41(94)22-20-39)88-59(99)46(18-13-27-80-71(77)78)82-58(98)45(17-12-26-79-70(75)76)84-63(103)49(29-36(3)4)87-65(105)51(31-40-33-81-43-15-9-8-14-42(40)43)89-61(101)47(23-24-55(96)97)85-68(108)57(37(5)6)92-66(106)53(34-111)91-67(107)56(74)38(7)93/h8-9,14-15,19-22,33,35-38,44-53,56-57,81,93-94,111H,10-13,16-18,23-32,34,72,74H2,1-7H3,(H2,73,95)(H,82,98)(H,83,102)(H,84,103)(H,85,108)(H,86,104)(H,87,105)(H,88,99)(H,89,101)(H,90,100)(H,91,107)(H,92,106)(H,96,97)(H,109,110)(H4,75,76,79)(H4,77,78,80). The molecule has 0 aliphatic carbocycles. The number of carbonyl (C=O) groups excluding carboxylic acids is 12. The highest BCUT2D eigenvalue weighted by atomic mass is 32.1. The Morgan fingerprint density at radius 2 is 0.883 bits per heavy atom. The lowest BCUT2D eigenvalue weighted by Crippen LogP contribution is -2.61. The van der Waals surface area contributed by atoms with Crippen molar-refractivity contribution in [2.24, 2.45) is 67.9 Å². The van der Waals surface area contributed by atoms with Gasteiger partial charge in [-0.05, 0) is 125 Å². The van der Waals surface area contributed by atoms with E-state index in [9.17, 15) is 73.2 Å². The molecule has 1 aromatic heterocycles. The molecule has 1 heterocycles. The lowest BCUT2D eigenvalue weighted by Gasteiger charge is -2.29. The van der Waals surface area contributed by atoms with Crippen LogP contribution in [0, 0.1) is 17.8 Å². The summed E-state index contributed by atoms with van der Waals surface area (Å²) < 4.78 is 0. The molecule has 2 aromatic carbocycles. The van der Waals surface area contributed by atoms with Crippen molar-refractivity contribution in [3.05, 3.63) is 65.9 Å². The number of aromatic hydroxyl groups is 1. The number of rotatable bonds is 51. The molecule has 40 heteroatoms. The van der Waals surface area contributed by atoms with Crippen LogP contribution in [0.4, 0.5) is 0 Å². The highest BCUT2D eigenvalue weighted by Crippen LogP contribution is 2.21. The number of aliphatic hydroxyl groups excluding tert-OH is 1. The van der Waals surface area contributed by atoms with Crippen molar-refractivity contribution in [3.63, 3.8) is 0 Å². The molecule has 30 N–H and O–H groups in total. The number of fused-ring (bicyclic) bond motifs is 1. The van der Waals surface area contributed by atoms with Crippen molar-refractivity contribution in [2.75, 3.05) is 25.4 Å². The van der Waals surface area contributed by atoms with Crippen molar-refractivity contribution < 1.29 is 87.5 Å². The predicted octanol–water partition coefficient (Wildman–Crippen LogP) is -4.56. The summed E-state index contributed by atoms with van der Waals surface area (Å²) in [5.41, 5.74) is 40.8. The van der Waals surface area contributed by atoms with Crippen LogP contribution in [-0.4, -0.2) is 224 Å². The normalized spacial score (nSPS) is 14.8. The number of phenols is 1. The van der Waals surface area contributed by atoms with Gasteiger partial charge in [0, 0.05) is 55.2 Å². The van der Waals surface area contributed by atoms with Gasteiger partial charge >= 0.3 is 11.9 Å². The molecule has 0 saturated carbocycles. The summed E-state index contributed by atoms with van der Waals surface area (Å²) in [5, 5.41) is 68.6. The average Bonchev–Trinajstić information content (AvgIpc) is 1.78. The molecule has 0 saturated heterocycles. The van der Waals surface area contributed by atoms with Gasteiger partial charge in [-0.3, -0.25) is 72.3 Å². The summed E-state index contributed by atoms with van der Waals surface area (Å²) >= 11 is 4.16. The van der Waals surface area contributed by atoms with Gasteiger partial charge in [0.15, 0.2) is 11.9 Å². The van der Waals surface area contributed by atoms with Crippen LogP contribution in [0.3, 0.4) is 0 Å². The monoisotopic (exact) mass is 1580 g/mol. The summed E-state index contributed by atoms with van der Waals surface area (Å²) in [4.78, 5) is 205. The Hall–Kier alpha value is -10.9. The molecule has 616 valence electrons. The summed E-state index contributed by atoms with van der Waals surface area (Å²) in [5.74, 6) is -17.1. The number of benzene rings is 2. The maximum Gasteiger partial charge on any atom is 0.326 e. The molecule has 0 radical (unpaired) electrons. The number of primary amides is 1. The van der Waals surface area contributed by atoms with Gasteiger partial charge in [-0.25, -0.2) is 4.79 Å². The summed E-state index contributed by atoms with van der Waals surface area (Å²) in [7, 11) is 0. The molecule has 111 heavy (non-hydrogen) atoms. The van der Waals surface area contributed by atoms with E-state index in [-0.39, 0.29) is 119 Å². The van der Waals surface area contributed by atoms with Crippen molar-refractivity contribution in [1.82, 2.24) is 63.5 Å². The second kappa shape index (κ2) is 47.9. The van der Waals surface area contributed by atoms with Crippen LogP contribution in [-0.2, 0) is 80.0 Å². The van der Waals surface area contributed by atoms with Crippen molar-refractivity contribution in [1.29, 1.82) is 0 Å². The summed E-state index contributed by atoms with van der Waals surface area (Å²) in [6, 6.07) is -5.94. The Balaban J connectivity index is 2.14. The SMILES string of the molecule is CC(C)CC(NC(=O)C(Cc1ccc(O)cc1)NC(=O)C(CCCN=C(N)N)NC(=O)C(CCCN=C(N)N)NC(=O)C(CC(C)C)NC(=O)C(Cc1c[nH]c2ccccc12)NC(=O)C(CCC(=O)O)NC(=O)C(NC(=O)C(CS)NC(=O)C(N)C(C)O)C(C)C)C(=O)NC(CCCCN)C(=O)NC(CC(N)=O)C(=O)O. The van der Waals surface area contributed by atoms with Crippen LogP contribution < -0.4 is 98.6 Å². The topological polar surface area (TPSA) is 675 Å². The number of amides is 12. The molecule has 13 unspecified atom stereocenters. The molecular formula is C71H113N21O18S. The van der Waals surface area contributed by atoms with Crippen molar-refractivity contribution >= 4 is 118 Å². The number of phenolic OH excluding ortho intramolecular Hbond substituents is 1. The molecule has 39 nitrogen and oxygen atoms in total. The number of hydrogen-bond donors (Lipinski definition) is 24. The molecular weight excluding hydrogens is 1470 g/mol. The maximum absolute atomic E-state index is 15.1. The Labute approximate surface area is 648 Å². The van der Waals surface area contributed by atoms with Gasteiger partial charge in [0.25, 0.3) is 0 Å². The van der Waals surface area contributed by atoms with Gasteiger partial charge in [0.2, 0.25) is 70.9 Å². The van der Waals surface area contributed by atoms with E-state index < -0.39 is 187 Å². The van der Waals surface area contributed by atoms with E-state index in [0.717, 1.165) is 0 Å². The average molecular weight is 1580 g/mol. The molecule has 0 spiro atoms. The fourth-order valence-electron chi connectivity index (χ4n) is 11.4. The Morgan fingerprint density at radius 1 is 0.477 bits per heavy atom. The largest absolute Gasteiger partial charge is 0.508 e. The van der Waals surface area contributed by atoms with Crippen LogP contribution in [0.15, 0.2) is 64.7 Å². The second-order valence-electron chi connectivity index (χ2n) is 28.1. The first-order valence-electron chi connectivity index (χ1n) is 36.5. The molecule has 0 fully saturated rings. The third kappa shape index (κ3) is 34.3. The van der Waals surface area contributed by atoms with E-state index >= 15 is 14.4 Å².